The van der Waals surface area contributed by atoms with Crippen molar-refractivity contribution in [1.29, 1.82) is 0 Å². The van der Waals surface area contributed by atoms with Gasteiger partial charge in [0.15, 0.2) is 5.65 Å². The molecule has 0 saturated heterocycles. The van der Waals surface area contributed by atoms with E-state index in [1.54, 1.807) is 6.08 Å². The Bertz CT molecular complexity index is 1440. The van der Waals surface area contributed by atoms with Crippen LogP contribution in [0, 0.1) is 0 Å². The van der Waals surface area contributed by atoms with E-state index in [0.29, 0.717) is 29.1 Å². The van der Waals surface area contributed by atoms with Crippen LogP contribution in [0.1, 0.15) is 73.8 Å². The zero-order valence-electron chi connectivity index (χ0n) is 21.2. The number of carbonyl (C=O) groups is 2. The van der Waals surface area contributed by atoms with Gasteiger partial charge in [0.05, 0.1) is 17.6 Å². The van der Waals surface area contributed by atoms with Crippen LogP contribution in [-0.4, -0.2) is 33.0 Å². The molecule has 5 rings (SSSR count). The zero-order valence-corrected chi connectivity index (χ0v) is 21.2. The summed E-state index contributed by atoms with van der Waals surface area (Å²) in [5.74, 6) is -0.391. The maximum Gasteiger partial charge on any atom is 0.344 e. The van der Waals surface area contributed by atoms with Crippen molar-refractivity contribution in [3.63, 3.8) is 0 Å². The minimum absolute atomic E-state index is 0.109. The summed E-state index contributed by atoms with van der Waals surface area (Å²) in [4.78, 5) is 36.4. The summed E-state index contributed by atoms with van der Waals surface area (Å²) in [6, 6.07) is 17.4. The quantitative estimate of drug-likeness (QED) is 0.167. The van der Waals surface area contributed by atoms with Gasteiger partial charge in [0.25, 0.3) is 0 Å². The van der Waals surface area contributed by atoms with Crippen molar-refractivity contribution < 1.29 is 14.3 Å². The molecule has 0 aliphatic heterocycles. The van der Waals surface area contributed by atoms with Crippen molar-refractivity contribution in [1.82, 2.24) is 14.5 Å². The molecule has 0 bridgehead atoms. The molecule has 1 N–H and O–H groups in total. The number of nitrogens with one attached hydrogen (secondary N) is 1. The lowest BCUT2D eigenvalue weighted by atomic mass is 9.95. The number of benzene rings is 2. The summed E-state index contributed by atoms with van der Waals surface area (Å²) in [6.07, 6.45) is 10.2. The second-order valence-electron chi connectivity index (χ2n) is 9.49. The van der Waals surface area contributed by atoms with Gasteiger partial charge in [0.2, 0.25) is 5.91 Å². The minimum atomic E-state index is -0.486. The van der Waals surface area contributed by atoms with E-state index >= 15 is 0 Å². The van der Waals surface area contributed by atoms with E-state index in [4.69, 9.17) is 14.7 Å². The van der Waals surface area contributed by atoms with Crippen LogP contribution < -0.4 is 5.32 Å². The van der Waals surface area contributed by atoms with E-state index < -0.39 is 5.97 Å². The highest BCUT2D eigenvalue weighted by Crippen LogP contribution is 2.38. The van der Waals surface area contributed by atoms with Gasteiger partial charge in [-0.15, -0.1) is 0 Å². The summed E-state index contributed by atoms with van der Waals surface area (Å²) < 4.78 is 7.68. The fourth-order valence-electron chi connectivity index (χ4n) is 4.95. The summed E-state index contributed by atoms with van der Waals surface area (Å²) in [6.45, 7) is 2.36. The van der Waals surface area contributed by atoms with Gasteiger partial charge in [-0.05, 0) is 43.0 Å². The second-order valence-corrected chi connectivity index (χ2v) is 9.49. The Balaban J connectivity index is 1.64. The monoisotopic (exact) mass is 496 g/mol. The number of para-hydroxylation sites is 2. The van der Waals surface area contributed by atoms with Gasteiger partial charge >= 0.3 is 5.97 Å². The highest BCUT2D eigenvalue weighted by atomic mass is 16.5. The first kappa shape index (κ1) is 24.7. The number of hydrogen-bond acceptors (Lipinski definition) is 5. The lowest BCUT2D eigenvalue weighted by Crippen LogP contribution is -2.20. The Morgan fingerprint density at radius 2 is 1.70 bits per heavy atom. The molecular formula is C30H32N4O3. The topological polar surface area (TPSA) is 86.1 Å². The fraction of sp³-hybridized carbons (Fsp3) is 0.333. The number of carbonyl (C=O) groups excluding carboxylic acids is 2. The van der Waals surface area contributed by atoms with Gasteiger partial charge in [-0.3, -0.25) is 4.79 Å². The van der Waals surface area contributed by atoms with E-state index in [1.165, 1.54) is 12.5 Å². The molecule has 0 atom stereocenters. The Morgan fingerprint density at radius 1 is 1.00 bits per heavy atom. The Kier molecular flexibility index (Phi) is 7.59. The van der Waals surface area contributed by atoms with Crippen LogP contribution >= 0.6 is 0 Å². The smallest absolute Gasteiger partial charge is 0.344 e. The van der Waals surface area contributed by atoms with Crippen molar-refractivity contribution in [2.45, 2.75) is 57.9 Å². The number of fused-ring (bicyclic) bond motifs is 2. The molecule has 1 amide bonds. The predicted molar refractivity (Wildman–Crippen MR) is 146 cm³/mol. The van der Waals surface area contributed by atoms with E-state index in [9.17, 15) is 9.59 Å². The minimum Gasteiger partial charge on any atom is -0.462 e. The van der Waals surface area contributed by atoms with Gasteiger partial charge < -0.3 is 14.6 Å². The van der Waals surface area contributed by atoms with E-state index in [2.05, 4.69) is 5.32 Å². The summed E-state index contributed by atoms with van der Waals surface area (Å²) in [5.41, 5.74) is 3.71. The lowest BCUT2D eigenvalue weighted by Gasteiger charge is -2.26. The number of ether oxygens (including phenoxy) is 1. The van der Waals surface area contributed by atoms with Crippen molar-refractivity contribution >= 4 is 46.0 Å². The third-order valence-electron chi connectivity index (χ3n) is 6.84. The first-order valence-electron chi connectivity index (χ1n) is 13.2. The maximum atomic E-state index is 13.5. The van der Waals surface area contributed by atoms with Crippen LogP contribution in [-0.2, 0) is 9.53 Å². The summed E-state index contributed by atoms with van der Waals surface area (Å²) in [5, 5.41) is 3.02. The van der Waals surface area contributed by atoms with Crippen molar-refractivity contribution in [2.24, 2.45) is 0 Å². The Morgan fingerprint density at radius 3 is 2.43 bits per heavy atom. The van der Waals surface area contributed by atoms with E-state index in [-0.39, 0.29) is 17.5 Å². The first-order valence-corrected chi connectivity index (χ1v) is 13.2. The molecule has 0 radical (unpaired) electrons. The number of hydrogen-bond donors (Lipinski definition) is 1. The molecule has 0 unspecified atom stereocenters. The number of esters is 1. The van der Waals surface area contributed by atoms with Gasteiger partial charge in [-0.2, -0.15) is 0 Å². The van der Waals surface area contributed by atoms with Crippen LogP contribution in [0.4, 0.5) is 5.82 Å². The van der Waals surface area contributed by atoms with Crippen LogP contribution in [0.2, 0.25) is 0 Å². The van der Waals surface area contributed by atoms with Crippen molar-refractivity contribution in [3.05, 3.63) is 71.8 Å². The van der Waals surface area contributed by atoms with Crippen molar-refractivity contribution in [2.75, 3.05) is 11.9 Å². The summed E-state index contributed by atoms with van der Waals surface area (Å²) in [7, 11) is 0. The molecule has 4 aromatic rings. The average molecular weight is 497 g/mol. The molecule has 1 aliphatic rings. The van der Waals surface area contributed by atoms with Crippen LogP contribution in [0.15, 0.2) is 60.7 Å². The standard InChI is InChI=1S/C30H32N4O3/c1-2-3-20-37-30(36)26-27-29(32-24-17-11-10-16-23(24)31-27)34(22-14-8-5-9-15-22)28(26)33-25(35)19-18-21-12-6-4-7-13-21/h4,6-7,10-13,16-19,22H,2-3,5,8-9,14-15,20H2,1H3,(H,33,35). The molecular weight excluding hydrogens is 464 g/mol. The molecule has 7 heteroatoms. The number of unbranched alkanes of at least 4 members (excludes halogenated alkanes) is 1. The molecule has 0 spiro atoms. The molecule has 190 valence electrons. The number of anilines is 1. The van der Waals surface area contributed by atoms with Gasteiger partial charge in [-0.25, -0.2) is 14.8 Å². The Hall–Kier alpha value is -4.00. The molecule has 2 aromatic carbocycles. The average Bonchev–Trinajstić information content (AvgIpc) is 3.24. The van der Waals surface area contributed by atoms with E-state index in [0.717, 1.165) is 49.6 Å². The highest BCUT2D eigenvalue weighted by Gasteiger charge is 2.31. The normalized spacial score (nSPS) is 14.4. The molecule has 2 aromatic heterocycles. The molecule has 1 aliphatic carbocycles. The van der Waals surface area contributed by atoms with Crippen LogP contribution in [0.5, 0.6) is 0 Å². The molecule has 7 nitrogen and oxygen atoms in total. The second kappa shape index (κ2) is 11.4. The van der Waals surface area contributed by atoms with Gasteiger partial charge in [-0.1, -0.05) is 75.1 Å². The maximum absolute atomic E-state index is 13.5. The fourth-order valence-corrected chi connectivity index (χ4v) is 4.95. The molecule has 2 heterocycles. The largest absolute Gasteiger partial charge is 0.462 e. The van der Waals surface area contributed by atoms with Gasteiger partial charge in [0, 0.05) is 12.1 Å². The highest BCUT2D eigenvalue weighted by molar-refractivity contribution is 6.13. The molecule has 37 heavy (non-hydrogen) atoms. The third kappa shape index (κ3) is 5.40. The number of amides is 1. The van der Waals surface area contributed by atoms with E-state index in [1.807, 2.05) is 66.1 Å². The molecule has 1 fully saturated rings. The van der Waals surface area contributed by atoms with Crippen LogP contribution in [0.3, 0.4) is 0 Å². The Labute approximate surface area is 216 Å². The number of nitrogens with zero attached hydrogens (tertiary/aromatic N) is 3. The number of aromatic nitrogens is 3. The number of rotatable bonds is 8. The summed E-state index contributed by atoms with van der Waals surface area (Å²) >= 11 is 0. The predicted octanol–water partition coefficient (Wildman–Crippen LogP) is 6.70. The lowest BCUT2D eigenvalue weighted by molar-refractivity contribution is -0.111. The van der Waals surface area contributed by atoms with Crippen molar-refractivity contribution in [3.8, 4) is 0 Å². The van der Waals surface area contributed by atoms with Gasteiger partial charge in [0.1, 0.15) is 16.9 Å². The third-order valence-corrected chi connectivity index (χ3v) is 6.84. The SMILES string of the molecule is CCCCOC(=O)c1c(NC(=O)C=Cc2ccccc2)n(C2CCCCC2)c2nc3ccccc3nc12. The van der Waals surface area contributed by atoms with Crippen LogP contribution in [0.25, 0.3) is 28.3 Å². The zero-order chi connectivity index (χ0) is 25.6. The first-order chi connectivity index (χ1) is 18.2. The molecule has 1 saturated carbocycles.